The first-order chi connectivity index (χ1) is 18.8. The van der Waals surface area contributed by atoms with E-state index in [0.717, 1.165) is 16.0 Å². The summed E-state index contributed by atoms with van der Waals surface area (Å²) in [5.41, 5.74) is 2.08. The minimum absolute atomic E-state index is 0.0977. The van der Waals surface area contributed by atoms with E-state index in [9.17, 15) is 13.2 Å². The Morgan fingerprint density at radius 2 is 1.79 bits per heavy atom. The lowest BCUT2D eigenvalue weighted by molar-refractivity contribution is 0.103. The molecule has 10 heteroatoms. The third kappa shape index (κ3) is 4.93. The average molecular weight is 544 g/mol. The Labute approximate surface area is 228 Å². The number of rotatable bonds is 7. The van der Waals surface area contributed by atoms with Gasteiger partial charge in [-0.2, -0.15) is 0 Å². The highest BCUT2D eigenvalue weighted by Crippen LogP contribution is 2.39. The molecule has 0 aliphatic carbocycles. The summed E-state index contributed by atoms with van der Waals surface area (Å²) < 4.78 is 33.5. The molecule has 200 valence electrons. The van der Waals surface area contributed by atoms with Crippen LogP contribution in [0.5, 0.6) is 0 Å². The van der Waals surface area contributed by atoms with Gasteiger partial charge in [0.05, 0.1) is 17.2 Å². The van der Waals surface area contributed by atoms with Gasteiger partial charge in [0.2, 0.25) is 5.69 Å². The van der Waals surface area contributed by atoms with Crippen LogP contribution >= 0.6 is 0 Å². The third-order valence-corrected chi connectivity index (χ3v) is 8.98. The summed E-state index contributed by atoms with van der Waals surface area (Å²) in [4.78, 5) is 24.8. The van der Waals surface area contributed by atoms with E-state index in [4.69, 9.17) is 11.3 Å². The zero-order valence-corrected chi connectivity index (χ0v) is 22.6. The van der Waals surface area contributed by atoms with Gasteiger partial charge in [0.25, 0.3) is 10.0 Å². The number of amides is 1. The number of ether oxygens (including phenoxy) is 1. The molecule has 2 aromatic heterocycles. The van der Waals surface area contributed by atoms with E-state index in [1.807, 2.05) is 42.3 Å². The van der Waals surface area contributed by atoms with Crippen molar-refractivity contribution in [1.82, 2.24) is 13.9 Å². The van der Waals surface area contributed by atoms with Crippen LogP contribution in [0, 0.1) is 12.5 Å². The Morgan fingerprint density at radius 3 is 2.46 bits per heavy atom. The highest BCUT2D eigenvalue weighted by atomic mass is 32.2. The van der Waals surface area contributed by atoms with Gasteiger partial charge in [-0.25, -0.2) is 27.0 Å². The third-order valence-electron chi connectivity index (χ3n) is 7.30. The maximum Gasteiger partial charge on any atom is 0.410 e. The molecular weight excluding hydrogens is 514 g/mol. The predicted molar refractivity (Wildman–Crippen MR) is 149 cm³/mol. The van der Waals surface area contributed by atoms with Crippen molar-refractivity contribution in [2.75, 3.05) is 25.0 Å². The van der Waals surface area contributed by atoms with Crippen molar-refractivity contribution in [1.29, 1.82) is 0 Å². The van der Waals surface area contributed by atoms with Crippen LogP contribution in [0.4, 0.5) is 16.2 Å². The number of pyridine rings is 1. The van der Waals surface area contributed by atoms with Gasteiger partial charge in [0.1, 0.15) is 6.61 Å². The normalized spacial score (nSPS) is 17.2. The fraction of sp³-hybridized carbons (Fsp3) is 0.276. The number of likely N-dealkylation sites (tertiary alicyclic amines) is 1. The van der Waals surface area contributed by atoms with Gasteiger partial charge in [-0.05, 0) is 36.1 Å². The summed E-state index contributed by atoms with van der Waals surface area (Å²) in [5, 5.41) is 0.561. The molecule has 0 spiro atoms. The van der Waals surface area contributed by atoms with Crippen molar-refractivity contribution in [3.63, 3.8) is 0 Å². The summed E-state index contributed by atoms with van der Waals surface area (Å²) in [6, 6.07) is 19.3. The van der Waals surface area contributed by atoms with E-state index < -0.39 is 10.0 Å². The SMILES string of the molecule is [C-]#[N+]c1cnc2c(ccn2S(=O)(=O)c2ccccc2)c1N(C)C1CN(C(=O)OCc2ccccc2)C[C@H]1CC. The van der Waals surface area contributed by atoms with Crippen LogP contribution in [-0.2, 0) is 21.4 Å². The zero-order chi connectivity index (χ0) is 27.6. The minimum atomic E-state index is -3.88. The Hall–Kier alpha value is -4.36. The summed E-state index contributed by atoms with van der Waals surface area (Å²) in [5.74, 6) is 0.135. The fourth-order valence-electron chi connectivity index (χ4n) is 5.21. The number of carbonyl (C=O) groups is 1. The van der Waals surface area contributed by atoms with Gasteiger partial charge < -0.3 is 14.5 Å². The van der Waals surface area contributed by atoms with Crippen molar-refractivity contribution >= 4 is 38.5 Å². The predicted octanol–water partition coefficient (Wildman–Crippen LogP) is 5.31. The molecule has 1 aliphatic rings. The standard InChI is InChI=1S/C29H29N5O4S/c1-4-22-18-33(29(35)38-20-21-11-7-5-8-12-21)19-26(22)32(3)27-24-15-16-34(28(24)31-17-25(27)30-2)39(36,37)23-13-9-6-10-14-23/h5-17,22,26H,4,18-20H2,1,3H3/t22-,26?/m1/s1. The first-order valence-corrected chi connectivity index (χ1v) is 14.2. The number of fused-ring (bicyclic) bond motifs is 1. The minimum Gasteiger partial charge on any atom is -0.445 e. The lowest BCUT2D eigenvalue weighted by atomic mass is 9.99. The smallest absolute Gasteiger partial charge is 0.410 e. The zero-order valence-electron chi connectivity index (χ0n) is 21.8. The topological polar surface area (TPSA) is 89.1 Å². The van der Waals surface area contributed by atoms with Gasteiger partial charge >= 0.3 is 6.09 Å². The van der Waals surface area contributed by atoms with Crippen LogP contribution in [0.3, 0.4) is 0 Å². The van der Waals surface area contributed by atoms with Crippen molar-refractivity contribution in [2.45, 2.75) is 30.9 Å². The van der Waals surface area contributed by atoms with E-state index in [2.05, 4.69) is 16.8 Å². The largest absolute Gasteiger partial charge is 0.445 e. The first kappa shape index (κ1) is 26.3. The quantitative estimate of drug-likeness (QED) is 0.294. The van der Waals surface area contributed by atoms with Gasteiger partial charge in [0, 0.05) is 44.0 Å². The molecule has 1 saturated heterocycles. The maximum atomic E-state index is 13.4. The van der Waals surface area contributed by atoms with Crippen LogP contribution in [0.2, 0.25) is 0 Å². The van der Waals surface area contributed by atoms with Crippen molar-refractivity contribution in [3.05, 3.63) is 96.1 Å². The van der Waals surface area contributed by atoms with E-state index in [1.165, 1.54) is 24.5 Å². The highest BCUT2D eigenvalue weighted by molar-refractivity contribution is 7.90. The molecule has 1 unspecified atom stereocenters. The molecule has 0 bridgehead atoms. The van der Waals surface area contributed by atoms with Crippen molar-refractivity contribution in [3.8, 4) is 0 Å². The molecule has 0 radical (unpaired) electrons. The summed E-state index contributed by atoms with van der Waals surface area (Å²) >= 11 is 0. The lowest BCUT2D eigenvalue weighted by Gasteiger charge is -2.31. The van der Waals surface area contributed by atoms with Crippen LogP contribution in [-0.4, -0.2) is 54.5 Å². The van der Waals surface area contributed by atoms with Gasteiger partial charge in [-0.3, -0.25) is 0 Å². The molecule has 0 N–H and O–H groups in total. The molecule has 4 aromatic rings. The fourth-order valence-corrected chi connectivity index (χ4v) is 6.53. The number of anilines is 1. The average Bonchev–Trinajstić information content (AvgIpc) is 3.61. The number of benzene rings is 2. The summed E-state index contributed by atoms with van der Waals surface area (Å²) in [6.45, 7) is 11.0. The molecule has 2 aromatic carbocycles. The molecule has 3 heterocycles. The second kappa shape index (κ2) is 10.8. The molecular formula is C29H29N5O4S. The van der Waals surface area contributed by atoms with Crippen LogP contribution in [0.25, 0.3) is 15.9 Å². The molecule has 0 saturated carbocycles. The Balaban J connectivity index is 1.45. The molecule has 39 heavy (non-hydrogen) atoms. The maximum absolute atomic E-state index is 13.4. The second-order valence-electron chi connectivity index (χ2n) is 9.56. The number of aromatic nitrogens is 2. The van der Waals surface area contributed by atoms with Gasteiger partial charge in [0.15, 0.2) is 5.65 Å². The molecule has 1 fully saturated rings. The molecule has 5 rings (SSSR count). The van der Waals surface area contributed by atoms with E-state index in [-0.39, 0.29) is 35.2 Å². The molecule has 2 atom stereocenters. The number of nitrogens with zero attached hydrogens (tertiary/aromatic N) is 5. The molecule has 9 nitrogen and oxygen atoms in total. The van der Waals surface area contributed by atoms with Crippen molar-refractivity contribution in [2.24, 2.45) is 5.92 Å². The highest BCUT2D eigenvalue weighted by Gasteiger charge is 2.38. The number of hydrogen-bond acceptors (Lipinski definition) is 6. The van der Waals surface area contributed by atoms with Crippen LogP contribution < -0.4 is 4.90 Å². The van der Waals surface area contributed by atoms with E-state index >= 15 is 0 Å². The summed E-state index contributed by atoms with van der Waals surface area (Å²) in [6.07, 6.45) is 3.34. The first-order valence-electron chi connectivity index (χ1n) is 12.7. The number of hydrogen-bond donors (Lipinski definition) is 0. The summed E-state index contributed by atoms with van der Waals surface area (Å²) in [7, 11) is -1.99. The Kier molecular flexibility index (Phi) is 7.26. The van der Waals surface area contributed by atoms with Crippen LogP contribution in [0.1, 0.15) is 18.9 Å². The van der Waals surface area contributed by atoms with Crippen molar-refractivity contribution < 1.29 is 17.9 Å². The monoisotopic (exact) mass is 543 g/mol. The van der Waals surface area contributed by atoms with E-state index in [0.29, 0.717) is 29.9 Å². The molecule has 1 aliphatic heterocycles. The van der Waals surface area contributed by atoms with Gasteiger partial charge in [-0.1, -0.05) is 55.5 Å². The number of likely N-dealkylation sites (N-methyl/N-ethyl adjacent to an activating group) is 1. The van der Waals surface area contributed by atoms with E-state index in [1.54, 1.807) is 29.2 Å². The Bertz CT molecular complexity index is 1630. The lowest BCUT2D eigenvalue weighted by Crippen LogP contribution is -2.39. The van der Waals surface area contributed by atoms with Crippen LogP contribution in [0.15, 0.2) is 84.0 Å². The second-order valence-corrected chi connectivity index (χ2v) is 11.4. The number of carbonyl (C=O) groups excluding carboxylic acids is 1. The Morgan fingerprint density at radius 1 is 1.10 bits per heavy atom. The van der Waals surface area contributed by atoms with Gasteiger partial charge in [-0.15, -0.1) is 0 Å². The molecule has 1 amide bonds.